The van der Waals surface area contributed by atoms with Crippen LogP contribution in [0.5, 0.6) is 0 Å². The monoisotopic (exact) mass is 263 g/mol. The van der Waals surface area contributed by atoms with E-state index >= 15 is 0 Å². The number of likely N-dealkylation sites (tertiary alicyclic amines) is 1. The van der Waals surface area contributed by atoms with Crippen LogP contribution in [0.15, 0.2) is 24.4 Å². The van der Waals surface area contributed by atoms with Gasteiger partial charge >= 0.3 is 6.09 Å². The molecular weight excluding hydrogens is 246 g/mol. The zero-order chi connectivity index (χ0) is 13.9. The molecule has 2 N–H and O–H groups in total. The summed E-state index contributed by atoms with van der Waals surface area (Å²) in [6.45, 7) is 2.81. The Kier molecular flexibility index (Phi) is 3.69. The van der Waals surface area contributed by atoms with Crippen molar-refractivity contribution in [2.75, 3.05) is 13.1 Å². The Morgan fingerprint density at radius 3 is 2.89 bits per heavy atom. The summed E-state index contributed by atoms with van der Waals surface area (Å²) in [6.07, 6.45) is 1.25. The van der Waals surface area contributed by atoms with Gasteiger partial charge < -0.3 is 15.3 Å². The maximum Gasteiger partial charge on any atom is 0.407 e. The summed E-state index contributed by atoms with van der Waals surface area (Å²) < 4.78 is 0. The van der Waals surface area contributed by atoms with Crippen LogP contribution in [0.1, 0.15) is 19.0 Å². The molecule has 1 aromatic rings. The van der Waals surface area contributed by atoms with Crippen molar-refractivity contribution in [1.82, 2.24) is 15.2 Å². The Morgan fingerprint density at radius 2 is 2.32 bits per heavy atom. The van der Waals surface area contributed by atoms with Crippen LogP contribution in [0.4, 0.5) is 4.79 Å². The summed E-state index contributed by atoms with van der Waals surface area (Å²) in [5.74, 6) is -0.123. The van der Waals surface area contributed by atoms with E-state index in [1.165, 1.54) is 4.90 Å². The number of rotatable bonds is 3. The van der Waals surface area contributed by atoms with E-state index in [1.54, 1.807) is 13.1 Å². The van der Waals surface area contributed by atoms with Crippen molar-refractivity contribution in [3.63, 3.8) is 0 Å². The first kappa shape index (κ1) is 13.3. The van der Waals surface area contributed by atoms with Crippen LogP contribution in [-0.2, 0) is 11.3 Å². The van der Waals surface area contributed by atoms with Crippen LogP contribution < -0.4 is 5.32 Å². The third-order valence-electron chi connectivity index (χ3n) is 3.45. The largest absolute Gasteiger partial charge is 0.465 e. The van der Waals surface area contributed by atoms with Crippen molar-refractivity contribution >= 4 is 12.0 Å². The molecule has 1 aliphatic heterocycles. The minimum atomic E-state index is -0.971. The predicted octanol–water partition coefficient (Wildman–Crippen LogP) is 1.09. The highest BCUT2D eigenvalue weighted by molar-refractivity contribution is 5.83. The predicted molar refractivity (Wildman–Crippen MR) is 68.4 cm³/mol. The Labute approximate surface area is 111 Å². The fraction of sp³-hybridized carbons (Fsp3) is 0.462. The van der Waals surface area contributed by atoms with Crippen LogP contribution in [-0.4, -0.2) is 40.1 Å². The molecule has 1 fully saturated rings. The Balaban J connectivity index is 1.91. The molecule has 0 radical (unpaired) electrons. The molecule has 0 aromatic carbocycles. The normalized spacial score (nSPS) is 22.3. The first-order valence-electron chi connectivity index (χ1n) is 6.17. The van der Waals surface area contributed by atoms with Crippen LogP contribution in [0, 0.1) is 5.41 Å². The molecule has 6 heteroatoms. The highest BCUT2D eigenvalue weighted by Crippen LogP contribution is 2.30. The summed E-state index contributed by atoms with van der Waals surface area (Å²) in [5, 5.41) is 11.7. The first-order valence-corrected chi connectivity index (χ1v) is 6.17. The van der Waals surface area contributed by atoms with E-state index < -0.39 is 11.5 Å². The topological polar surface area (TPSA) is 82.5 Å². The zero-order valence-corrected chi connectivity index (χ0v) is 10.8. The summed E-state index contributed by atoms with van der Waals surface area (Å²) in [7, 11) is 0. The molecule has 0 saturated carbocycles. The summed E-state index contributed by atoms with van der Waals surface area (Å²) in [6, 6.07) is 5.51. The molecule has 1 atom stereocenters. The average molecular weight is 263 g/mol. The molecule has 1 saturated heterocycles. The molecule has 1 aromatic heterocycles. The lowest BCUT2D eigenvalue weighted by Crippen LogP contribution is -2.41. The molecule has 2 heterocycles. The van der Waals surface area contributed by atoms with E-state index in [-0.39, 0.29) is 12.5 Å². The number of hydrogen-bond donors (Lipinski definition) is 2. The van der Waals surface area contributed by atoms with E-state index in [0.29, 0.717) is 19.5 Å². The lowest BCUT2D eigenvalue weighted by molar-refractivity contribution is -0.129. The highest BCUT2D eigenvalue weighted by Gasteiger charge is 2.41. The zero-order valence-electron chi connectivity index (χ0n) is 10.8. The lowest BCUT2D eigenvalue weighted by Gasteiger charge is -2.22. The standard InChI is InChI=1S/C13H17N3O3/c1-13(5-7-16(9-13)12(18)19)11(17)15-8-10-4-2-3-6-14-10/h2-4,6H,5,7-9H2,1H3,(H,15,17)(H,18,19). The van der Waals surface area contributed by atoms with Gasteiger partial charge in [0.1, 0.15) is 0 Å². The van der Waals surface area contributed by atoms with E-state index in [9.17, 15) is 9.59 Å². The van der Waals surface area contributed by atoms with Gasteiger partial charge in [-0.1, -0.05) is 6.07 Å². The molecule has 6 nitrogen and oxygen atoms in total. The van der Waals surface area contributed by atoms with Crippen molar-refractivity contribution in [2.45, 2.75) is 19.9 Å². The molecule has 102 valence electrons. The molecule has 1 aliphatic rings. The smallest absolute Gasteiger partial charge is 0.407 e. The van der Waals surface area contributed by atoms with Gasteiger partial charge in [-0.3, -0.25) is 9.78 Å². The molecule has 0 aliphatic carbocycles. The Bertz CT molecular complexity index is 477. The van der Waals surface area contributed by atoms with Gasteiger partial charge in [0.05, 0.1) is 17.7 Å². The number of pyridine rings is 1. The molecule has 0 spiro atoms. The fourth-order valence-electron chi connectivity index (χ4n) is 2.20. The van der Waals surface area contributed by atoms with Gasteiger partial charge in [0.2, 0.25) is 5.91 Å². The van der Waals surface area contributed by atoms with Crippen LogP contribution in [0.2, 0.25) is 0 Å². The number of aromatic nitrogens is 1. The van der Waals surface area contributed by atoms with Gasteiger partial charge in [-0.2, -0.15) is 0 Å². The minimum absolute atomic E-state index is 0.123. The Hall–Kier alpha value is -2.11. The van der Waals surface area contributed by atoms with Gasteiger partial charge in [-0.05, 0) is 25.5 Å². The third kappa shape index (κ3) is 3.01. The highest BCUT2D eigenvalue weighted by atomic mass is 16.4. The van der Waals surface area contributed by atoms with E-state index in [4.69, 9.17) is 5.11 Å². The molecule has 1 unspecified atom stereocenters. The van der Waals surface area contributed by atoms with Crippen LogP contribution in [0.25, 0.3) is 0 Å². The van der Waals surface area contributed by atoms with E-state index in [0.717, 1.165) is 5.69 Å². The summed E-state index contributed by atoms with van der Waals surface area (Å²) >= 11 is 0. The second kappa shape index (κ2) is 5.26. The second-order valence-electron chi connectivity index (χ2n) is 5.02. The number of nitrogens with one attached hydrogen (secondary N) is 1. The fourth-order valence-corrected chi connectivity index (χ4v) is 2.20. The van der Waals surface area contributed by atoms with E-state index in [2.05, 4.69) is 10.3 Å². The van der Waals surface area contributed by atoms with Gasteiger partial charge in [0.15, 0.2) is 0 Å². The van der Waals surface area contributed by atoms with Crippen LogP contribution in [0.3, 0.4) is 0 Å². The number of carbonyl (C=O) groups is 2. The number of carbonyl (C=O) groups excluding carboxylic acids is 1. The van der Waals surface area contributed by atoms with Gasteiger partial charge in [0.25, 0.3) is 0 Å². The quantitative estimate of drug-likeness (QED) is 0.855. The number of carboxylic acid groups (broad SMARTS) is 1. The lowest BCUT2D eigenvalue weighted by atomic mass is 9.89. The molecular formula is C13H17N3O3. The second-order valence-corrected chi connectivity index (χ2v) is 5.02. The molecule has 0 bridgehead atoms. The van der Waals surface area contributed by atoms with Crippen molar-refractivity contribution in [3.8, 4) is 0 Å². The van der Waals surface area contributed by atoms with Crippen molar-refractivity contribution in [3.05, 3.63) is 30.1 Å². The number of amides is 2. The van der Waals surface area contributed by atoms with Gasteiger partial charge in [-0.25, -0.2) is 4.79 Å². The maximum absolute atomic E-state index is 12.2. The SMILES string of the molecule is CC1(C(=O)NCc2ccccn2)CCN(C(=O)O)C1. The van der Waals surface area contributed by atoms with Crippen molar-refractivity contribution < 1.29 is 14.7 Å². The van der Waals surface area contributed by atoms with Gasteiger partial charge in [0, 0.05) is 19.3 Å². The first-order chi connectivity index (χ1) is 9.01. The van der Waals surface area contributed by atoms with Gasteiger partial charge in [-0.15, -0.1) is 0 Å². The van der Waals surface area contributed by atoms with Crippen LogP contribution >= 0.6 is 0 Å². The number of hydrogen-bond acceptors (Lipinski definition) is 3. The van der Waals surface area contributed by atoms with Crippen molar-refractivity contribution in [1.29, 1.82) is 0 Å². The molecule has 2 rings (SSSR count). The van der Waals surface area contributed by atoms with E-state index in [1.807, 2.05) is 18.2 Å². The number of nitrogens with zero attached hydrogens (tertiary/aromatic N) is 2. The third-order valence-corrected chi connectivity index (χ3v) is 3.45. The van der Waals surface area contributed by atoms with Crippen molar-refractivity contribution in [2.24, 2.45) is 5.41 Å². The average Bonchev–Trinajstić information content (AvgIpc) is 2.81. The molecule has 2 amide bonds. The summed E-state index contributed by atoms with van der Waals surface area (Å²) in [4.78, 5) is 28.4. The maximum atomic E-state index is 12.2. The summed E-state index contributed by atoms with van der Waals surface area (Å²) in [5.41, 5.74) is 0.139. The Morgan fingerprint density at radius 1 is 1.53 bits per heavy atom. The minimum Gasteiger partial charge on any atom is -0.465 e. The molecule has 19 heavy (non-hydrogen) atoms.